The highest BCUT2D eigenvalue weighted by atomic mass is 16.4. The molecular formula is C25H43NO4. The lowest BCUT2D eigenvalue weighted by atomic mass is 9.42. The highest BCUT2D eigenvalue weighted by Gasteiger charge is 2.65. The number of carboxylic acid groups (broad SMARTS) is 1. The van der Waals surface area contributed by atoms with E-state index in [9.17, 15) is 15.0 Å². The number of aliphatic hydroxyl groups is 2. The van der Waals surface area contributed by atoms with Crippen molar-refractivity contribution in [2.45, 2.75) is 96.8 Å². The monoisotopic (exact) mass is 421 g/mol. The molecule has 0 bridgehead atoms. The molecule has 0 heterocycles. The Hall–Kier alpha value is -0.650. The summed E-state index contributed by atoms with van der Waals surface area (Å²) in [5.41, 5.74) is 0.0954. The van der Waals surface area contributed by atoms with Gasteiger partial charge in [-0.05, 0) is 105 Å². The fraction of sp³-hybridized carbons (Fsp3) is 0.960. The first-order valence-electron chi connectivity index (χ1n) is 12.4. The largest absolute Gasteiger partial charge is 0.481 e. The van der Waals surface area contributed by atoms with Gasteiger partial charge in [-0.2, -0.15) is 0 Å². The minimum atomic E-state index is -0.716. The fourth-order valence-electron chi connectivity index (χ4n) is 9.03. The smallest absolute Gasteiger partial charge is 0.303 e. The maximum Gasteiger partial charge on any atom is 0.303 e. The van der Waals surface area contributed by atoms with Gasteiger partial charge in [-0.3, -0.25) is 4.79 Å². The van der Waals surface area contributed by atoms with Crippen LogP contribution in [0.4, 0.5) is 0 Å². The number of nitrogens with one attached hydrogen (secondary N) is 1. The topological polar surface area (TPSA) is 89.8 Å². The van der Waals surface area contributed by atoms with Crippen LogP contribution in [0.3, 0.4) is 0 Å². The minimum Gasteiger partial charge on any atom is -0.481 e. The van der Waals surface area contributed by atoms with E-state index in [1.165, 1.54) is 0 Å². The third-order valence-corrected chi connectivity index (χ3v) is 10.7. The molecule has 0 aromatic carbocycles. The van der Waals surface area contributed by atoms with E-state index in [1.54, 1.807) is 0 Å². The van der Waals surface area contributed by atoms with E-state index in [2.05, 4.69) is 33.1 Å². The number of fused-ring (bicyclic) bond motifs is 5. The maximum absolute atomic E-state index is 11.6. The van der Waals surface area contributed by atoms with Crippen molar-refractivity contribution >= 4 is 5.97 Å². The molecule has 0 spiro atoms. The van der Waals surface area contributed by atoms with E-state index in [0.29, 0.717) is 48.0 Å². The van der Waals surface area contributed by atoms with Gasteiger partial charge in [0.2, 0.25) is 0 Å². The lowest BCUT2D eigenvalue weighted by Crippen LogP contribution is -2.64. The summed E-state index contributed by atoms with van der Waals surface area (Å²) in [5, 5.41) is 34.8. The van der Waals surface area contributed by atoms with Crippen molar-refractivity contribution in [3.8, 4) is 0 Å². The van der Waals surface area contributed by atoms with E-state index in [0.717, 1.165) is 44.9 Å². The molecule has 0 radical (unpaired) electrons. The lowest BCUT2D eigenvalue weighted by Gasteiger charge is -2.64. The minimum absolute atomic E-state index is 0.119. The summed E-state index contributed by atoms with van der Waals surface area (Å²) in [6.07, 6.45) is 7.58. The Kier molecular flexibility index (Phi) is 6.04. The van der Waals surface area contributed by atoms with Crippen LogP contribution in [0.25, 0.3) is 0 Å². The Balaban J connectivity index is 1.63. The van der Waals surface area contributed by atoms with Crippen LogP contribution in [0.15, 0.2) is 0 Å². The van der Waals surface area contributed by atoms with Gasteiger partial charge in [0.25, 0.3) is 0 Å². The maximum atomic E-state index is 11.6. The summed E-state index contributed by atoms with van der Waals surface area (Å²) in [6.45, 7) is 6.97. The molecule has 0 aliphatic heterocycles. The summed E-state index contributed by atoms with van der Waals surface area (Å²) in [6, 6.07) is 0.447. The zero-order chi connectivity index (χ0) is 21.8. The molecular weight excluding hydrogens is 378 g/mol. The zero-order valence-corrected chi connectivity index (χ0v) is 19.3. The molecule has 4 aliphatic rings. The lowest BCUT2D eigenvalue weighted by molar-refractivity contribution is -0.183. The predicted octanol–water partition coefficient (Wildman–Crippen LogP) is 3.68. The van der Waals surface area contributed by atoms with Crippen molar-refractivity contribution in [2.24, 2.45) is 46.3 Å². The Labute approximate surface area is 182 Å². The third-order valence-electron chi connectivity index (χ3n) is 10.7. The van der Waals surface area contributed by atoms with Crippen molar-refractivity contribution in [1.82, 2.24) is 5.32 Å². The average molecular weight is 422 g/mol. The molecule has 4 fully saturated rings. The van der Waals surface area contributed by atoms with Crippen LogP contribution in [-0.2, 0) is 4.79 Å². The number of rotatable bonds is 5. The number of hydrogen-bond donors (Lipinski definition) is 4. The van der Waals surface area contributed by atoms with Crippen molar-refractivity contribution in [1.29, 1.82) is 0 Å². The van der Waals surface area contributed by atoms with Gasteiger partial charge in [0.05, 0.1) is 12.2 Å². The molecule has 4 saturated carbocycles. The Bertz CT molecular complexity index is 655. The number of aliphatic carboxylic acids is 1. The molecule has 3 unspecified atom stereocenters. The summed E-state index contributed by atoms with van der Waals surface area (Å²) in [5.74, 6) is 2.10. The SMILES string of the molecule is CNC1C[C@H]2CC(O)CC[C@@]2(C)[C@@H]2CC(O)[C@]3(C)[C@H](CC[C@H]3[C@@H](C)CCC(=O)O)[C@@H]12. The van der Waals surface area contributed by atoms with E-state index < -0.39 is 5.97 Å². The Morgan fingerprint density at radius 1 is 1.10 bits per heavy atom. The number of aliphatic hydroxyl groups excluding tert-OH is 2. The average Bonchev–Trinajstić information content (AvgIpc) is 3.06. The molecule has 0 amide bonds. The van der Waals surface area contributed by atoms with Crippen molar-refractivity contribution in [2.75, 3.05) is 7.05 Å². The molecule has 0 aromatic rings. The second-order valence-electron chi connectivity index (χ2n) is 11.8. The number of carboxylic acids is 1. The third kappa shape index (κ3) is 3.34. The van der Waals surface area contributed by atoms with Gasteiger partial charge in [-0.25, -0.2) is 0 Å². The highest BCUT2D eigenvalue weighted by Crippen LogP contribution is 2.68. The Morgan fingerprint density at radius 3 is 2.50 bits per heavy atom. The van der Waals surface area contributed by atoms with Gasteiger partial charge in [0, 0.05) is 12.5 Å². The molecule has 5 heteroatoms. The molecule has 0 aromatic heterocycles. The van der Waals surface area contributed by atoms with Gasteiger partial charge < -0.3 is 20.6 Å². The van der Waals surface area contributed by atoms with E-state index in [1.807, 2.05) is 0 Å². The first kappa shape index (κ1) is 22.5. The quantitative estimate of drug-likeness (QED) is 0.544. The fourth-order valence-corrected chi connectivity index (χ4v) is 9.03. The normalized spacial score (nSPS) is 51.5. The van der Waals surface area contributed by atoms with Gasteiger partial charge in [0.1, 0.15) is 0 Å². The Morgan fingerprint density at radius 2 is 1.83 bits per heavy atom. The molecule has 0 saturated heterocycles. The molecule has 4 rings (SSSR count). The summed E-state index contributed by atoms with van der Waals surface area (Å²) >= 11 is 0. The molecule has 4 N–H and O–H groups in total. The van der Waals surface area contributed by atoms with Crippen LogP contribution in [0.5, 0.6) is 0 Å². The van der Waals surface area contributed by atoms with Crippen LogP contribution in [-0.4, -0.2) is 46.6 Å². The van der Waals surface area contributed by atoms with Gasteiger partial charge in [-0.1, -0.05) is 20.8 Å². The second kappa shape index (κ2) is 8.04. The summed E-state index contributed by atoms with van der Waals surface area (Å²) in [4.78, 5) is 11.1. The van der Waals surface area contributed by atoms with Crippen LogP contribution in [0.1, 0.15) is 78.6 Å². The van der Waals surface area contributed by atoms with Crippen LogP contribution < -0.4 is 5.32 Å². The summed E-state index contributed by atoms with van der Waals surface area (Å²) in [7, 11) is 2.09. The van der Waals surface area contributed by atoms with Crippen molar-refractivity contribution in [3.05, 3.63) is 0 Å². The van der Waals surface area contributed by atoms with Crippen LogP contribution in [0.2, 0.25) is 0 Å². The number of hydrogen-bond acceptors (Lipinski definition) is 4. The van der Waals surface area contributed by atoms with Crippen LogP contribution in [0, 0.1) is 46.3 Å². The van der Waals surface area contributed by atoms with E-state index >= 15 is 0 Å². The first-order valence-corrected chi connectivity index (χ1v) is 12.4. The van der Waals surface area contributed by atoms with Gasteiger partial charge in [-0.15, -0.1) is 0 Å². The standard InChI is InChI=1S/C25H43NO4/c1-14(5-8-22(29)30)17-6-7-18-23-19(13-21(28)25(17,18)3)24(2)10-9-16(27)11-15(24)12-20(23)26-4/h14-21,23,26-28H,5-13H2,1-4H3,(H,29,30)/t14-,15+,16?,17-,18+,19+,20?,21?,23+,24+,25-/m0/s1. The molecule has 5 nitrogen and oxygen atoms in total. The first-order chi connectivity index (χ1) is 14.1. The van der Waals surface area contributed by atoms with Crippen molar-refractivity contribution < 1.29 is 20.1 Å². The number of carbonyl (C=O) groups is 1. The zero-order valence-electron chi connectivity index (χ0n) is 19.3. The van der Waals surface area contributed by atoms with E-state index in [-0.39, 0.29) is 29.5 Å². The van der Waals surface area contributed by atoms with Gasteiger partial charge in [0.15, 0.2) is 0 Å². The predicted molar refractivity (Wildman–Crippen MR) is 117 cm³/mol. The second-order valence-corrected chi connectivity index (χ2v) is 11.8. The molecule has 30 heavy (non-hydrogen) atoms. The van der Waals surface area contributed by atoms with E-state index in [4.69, 9.17) is 5.11 Å². The van der Waals surface area contributed by atoms with Crippen LogP contribution >= 0.6 is 0 Å². The molecule has 11 atom stereocenters. The van der Waals surface area contributed by atoms with Crippen molar-refractivity contribution in [3.63, 3.8) is 0 Å². The van der Waals surface area contributed by atoms with Gasteiger partial charge >= 0.3 is 5.97 Å². The molecule has 4 aliphatic carbocycles. The highest BCUT2D eigenvalue weighted by molar-refractivity contribution is 5.66. The summed E-state index contributed by atoms with van der Waals surface area (Å²) < 4.78 is 0. The molecule has 172 valence electrons.